The number of nitrogens with zero attached hydrogens (tertiary/aromatic N) is 2. The fourth-order valence-corrected chi connectivity index (χ4v) is 3.04. The Hall–Kier alpha value is -3.72. The number of carbonyl (C=O) groups is 2. The smallest absolute Gasteiger partial charge is 0.278 e. The van der Waals surface area contributed by atoms with Crippen LogP contribution in [0.3, 0.4) is 0 Å². The Labute approximate surface area is 173 Å². The summed E-state index contributed by atoms with van der Waals surface area (Å²) in [5, 5.41) is 13.9. The minimum Gasteiger partial charge on any atom is -0.494 e. The highest BCUT2D eigenvalue weighted by molar-refractivity contribution is 6.36. The summed E-state index contributed by atoms with van der Waals surface area (Å²) in [5.41, 5.74) is 1.16. The number of anilines is 1. The SMILES string of the molecule is CCOc1ccc(NC2=C(c3ccc([N+](=O)[O-])cc3)C(=O)N(CCOC)C2=O)cc1. The zero-order chi connectivity index (χ0) is 21.7. The number of ether oxygens (including phenoxy) is 2. The Kier molecular flexibility index (Phi) is 6.43. The molecule has 0 unspecified atom stereocenters. The molecule has 0 bridgehead atoms. The van der Waals surface area contributed by atoms with Crippen molar-refractivity contribution in [2.24, 2.45) is 0 Å². The zero-order valence-corrected chi connectivity index (χ0v) is 16.6. The first kappa shape index (κ1) is 21.0. The molecule has 0 aromatic heterocycles. The maximum atomic E-state index is 13.0. The third-order valence-corrected chi connectivity index (χ3v) is 4.49. The van der Waals surface area contributed by atoms with E-state index in [0.717, 1.165) is 4.90 Å². The molecule has 0 fully saturated rings. The van der Waals surface area contributed by atoms with Crippen LogP contribution in [0.4, 0.5) is 11.4 Å². The Bertz CT molecular complexity index is 983. The molecule has 1 N–H and O–H groups in total. The summed E-state index contributed by atoms with van der Waals surface area (Å²) >= 11 is 0. The molecule has 1 aliphatic heterocycles. The van der Waals surface area contributed by atoms with E-state index in [2.05, 4.69) is 5.32 Å². The van der Waals surface area contributed by atoms with Gasteiger partial charge in [-0.15, -0.1) is 0 Å². The van der Waals surface area contributed by atoms with Gasteiger partial charge < -0.3 is 14.8 Å². The van der Waals surface area contributed by atoms with Crippen molar-refractivity contribution in [3.05, 3.63) is 69.9 Å². The fourth-order valence-electron chi connectivity index (χ4n) is 3.04. The number of nitro benzene ring substituents is 1. The van der Waals surface area contributed by atoms with Gasteiger partial charge >= 0.3 is 0 Å². The molecule has 9 nitrogen and oxygen atoms in total. The van der Waals surface area contributed by atoms with E-state index in [-0.39, 0.29) is 30.1 Å². The molecular weight excluding hydrogens is 390 g/mol. The molecule has 0 aliphatic carbocycles. The topological polar surface area (TPSA) is 111 Å². The quantitative estimate of drug-likeness (QED) is 0.384. The number of nitro groups is 1. The largest absolute Gasteiger partial charge is 0.494 e. The normalized spacial score (nSPS) is 13.7. The van der Waals surface area contributed by atoms with Gasteiger partial charge in [0, 0.05) is 24.9 Å². The fraction of sp³-hybridized carbons (Fsp3) is 0.238. The minimum atomic E-state index is -0.524. The number of amides is 2. The van der Waals surface area contributed by atoms with E-state index in [1.165, 1.54) is 31.4 Å². The molecule has 0 saturated carbocycles. The van der Waals surface area contributed by atoms with Gasteiger partial charge in [0.15, 0.2) is 0 Å². The van der Waals surface area contributed by atoms with Crippen LogP contribution in [0.25, 0.3) is 5.57 Å². The molecule has 2 aromatic rings. The number of hydrogen-bond acceptors (Lipinski definition) is 7. The zero-order valence-electron chi connectivity index (χ0n) is 16.6. The van der Waals surface area contributed by atoms with Crippen LogP contribution < -0.4 is 10.1 Å². The van der Waals surface area contributed by atoms with Crippen molar-refractivity contribution in [2.75, 3.05) is 32.2 Å². The summed E-state index contributed by atoms with van der Waals surface area (Å²) < 4.78 is 10.4. The van der Waals surface area contributed by atoms with Gasteiger partial charge in [0.1, 0.15) is 11.4 Å². The van der Waals surface area contributed by atoms with Crippen LogP contribution >= 0.6 is 0 Å². The van der Waals surface area contributed by atoms with Gasteiger partial charge in [-0.05, 0) is 48.9 Å². The molecule has 30 heavy (non-hydrogen) atoms. The van der Waals surface area contributed by atoms with Crippen LogP contribution in [0.15, 0.2) is 54.2 Å². The highest BCUT2D eigenvalue weighted by Crippen LogP contribution is 2.31. The maximum absolute atomic E-state index is 13.0. The predicted molar refractivity (Wildman–Crippen MR) is 110 cm³/mol. The molecule has 0 radical (unpaired) electrons. The molecule has 3 rings (SSSR count). The van der Waals surface area contributed by atoms with Gasteiger partial charge in [0.05, 0.1) is 30.3 Å². The van der Waals surface area contributed by atoms with Gasteiger partial charge in [-0.2, -0.15) is 0 Å². The van der Waals surface area contributed by atoms with Crippen molar-refractivity contribution in [3.63, 3.8) is 0 Å². The van der Waals surface area contributed by atoms with Crippen LogP contribution in [0.2, 0.25) is 0 Å². The second kappa shape index (κ2) is 9.19. The van der Waals surface area contributed by atoms with Crippen molar-refractivity contribution in [3.8, 4) is 5.75 Å². The molecule has 156 valence electrons. The first-order chi connectivity index (χ1) is 14.5. The van der Waals surface area contributed by atoms with Gasteiger partial charge in [-0.25, -0.2) is 0 Å². The van der Waals surface area contributed by atoms with E-state index < -0.39 is 16.7 Å². The number of non-ortho nitro benzene ring substituents is 1. The standard InChI is InChI=1S/C21H21N3O6/c1-3-30-17-10-6-15(7-11-17)22-19-18(14-4-8-16(9-5-14)24(27)28)20(25)23(21(19)26)12-13-29-2/h4-11,22H,3,12-13H2,1-2H3. The summed E-state index contributed by atoms with van der Waals surface area (Å²) in [6.45, 7) is 2.70. The van der Waals surface area contributed by atoms with Gasteiger partial charge in [0.2, 0.25) is 0 Å². The number of methoxy groups -OCH3 is 1. The lowest BCUT2D eigenvalue weighted by Crippen LogP contribution is -2.35. The summed E-state index contributed by atoms with van der Waals surface area (Å²) in [7, 11) is 1.48. The molecule has 2 aromatic carbocycles. The molecule has 0 spiro atoms. The van der Waals surface area contributed by atoms with E-state index in [0.29, 0.717) is 23.6 Å². The Morgan fingerprint density at radius 2 is 1.70 bits per heavy atom. The molecule has 0 atom stereocenters. The van der Waals surface area contributed by atoms with Crippen LogP contribution in [-0.2, 0) is 14.3 Å². The monoisotopic (exact) mass is 411 g/mol. The number of rotatable bonds is 9. The number of hydrogen-bond donors (Lipinski definition) is 1. The number of nitrogens with one attached hydrogen (secondary N) is 1. The van der Waals surface area contributed by atoms with Crippen molar-refractivity contribution in [1.29, 1.82) is 0 Å². The Balaban J connectivity index is 1.98. The summed E-state index contributed by atoms with van der Waals surface area (Å²) in [6.07, 6.45) is 0. The van der Waals surface area contributed by atoms with Crippen LogP contribution in [0.5, 0.6) is 5.75 Å². The number of benzene rings is 2. The van der Waals surface area contributed by atoms with E-state index in [1.54, 1.807) is 24.3 Å². The summed E-state index contributed by atoms with van der Waals surface area (Å²) in [4.78, 5) is 37.4. The Morgan fingerprint density at radius 1 is 1.03 bits per heavy atom. The average Bonchev–Trinajstić information content (AvgIpc) is 2.97. The van der Waals surface area contributed by atoms with Crippen molar-refractivity contribution < 1.29 is 24.0 Å². The third-order valence-electron chi connectivity index (χ3n) is 4.49. The van der Waals surface area contributed by atoms with E-state index in [4.69, 9.17) is 9.47 Å². The van der Waals surface area contributed by atoms with Gasteiger partial charge in [0.25, 0.3) is 17.5 Å². The number of carbonyl (C=O) groups excluding carboxylic acids is 2. The first-order valence-corrected chi connectivity index (χ1v) is 9.30. The molecule has 0 saturated heterocycles. The second-order valence-corrected chi connectivity index (χ2v) is 6.39. The molecule has 9 heteroatoms. The molecule has 2 amide bonds. The van der Waals surface area contributed by atoms with E-state index in [9.17, 15) is 19.7 Å². The average molecular weight is 411 g/mol. The van der Waals surface area contributed by atoms with Crippen LogP contribution in [0, 0.1) is 10.1 Å². The van der Waals surface area contributed by atoms with Crippen LogP contribution in [0.1, 0.15) is 12.5 Å². The summed E-state index contributed by atoms with van der Waals surface area (Å²) in [5.74, 6) is -0.290. The van der Waals surface area contributed by atoms with Gasteiger partial charge in [-0.1, -0.05) is 0 Å². The highest BCUT2D eigenvalue weighted by atomic mass is 16.6. The molecule has 1 heterocycles. The van der Waals surface area contributed by atoms with Crippen molar-refractivity contribution in [1.82, 2.24) is 4.90 Å². The molecule has 1 aliphatic rings. The van der Waals surface area contributed by atoms with Crippen molar-refractivity contribution in [2.45, 2.75) is 6.92 Å². The summed E-state index contributed by atoms with van der Waals surface area (Å²) in [6, 6.07) is 12.5. The van der Waals surface area contributed by atoms with E-state index >= 15 is 0 Å². The Morgan fingerprint density at radius 3 is 2.27 bits per heavy atom. The third kappa shape index (κ3) is 4.31. The first-order valence-electron chi connectivity index (χ1n) is 9.30. The van der Waals surface area contributed by atoms with Crippen molar-refractivity contribution >= 4 is 28.8 Å². The maximum Gasteiger partial charge on any atom is 0.278 e. The second-order valence-electron chi connectivity index (χ2n) is 6.39. The minimum absolute atomic E-state index is 0.0963. The lowest BCUT2D eigenvalue weighted by molar-refractivity contribution is -0.384. The predicted octanol–water partition coefficient (Wildman–Crippen LogP) is 2.83. The highest BCUT2D eigenvalue weighted by Gasteiger charge is 2.39. The van der Waals surface area contributed by atoms with E-state index in [1.807, 2.05) is 6.92 Å². The van der Waals surface area contributed by atoms with Crippen LogP contribution in [-0.4, -0.2) is 48.5 Å². The lowest BCUT2D eigenvalue weighted by atomic mass is 10.0. The number of imide groups is 1. The molecular formula is C21H21N3O6. The van der Waals surface area contributed by atoms with Gasteiger partial charge in [-0.3, -0.25) is 24.6 Å². The lowest BCUT2D eigenvalue weighted by Gasteiger charge is -2.14.